The molecule has 0 N–H and O–H groups in total. The van der Waals surface area contributed by atoms with E-state index in [0.29, 0.717) is 0 Å². The largest absolute Gasteiger partial charge is 0.550 e. The molecule has 17 heavy (non-hydrogen) atoms. The first-order chi connectivity index (χ1) is 8.18. The Labute approximate surface area is 106 Å². The number of carbonyl (C=O) groups is 1. The first-order valence-corrected chi connectivity index (χ1v) is 7.04. The second-order valence-electron chi connectivity index (χ2n) is 4.80. The molecule has 0 aromatic rings. The van der Waals surface area contributed by atoms with Gasteiger partial charge in [-0.3, -0.25) is 0 Å². The highest BCUT2D eigenvalue weighted by molar-refractivity contribution is 5.66. The normalized spacial score (nSPS) is 13.1. The maximum Gasteiger partial charge on any atom is 0.0442 e. The summed E-state index contributed by atoms with van der Waals surface area (Å²) in [4.78, 5) is 10.5. The van der Waals surface area contributed by atoms with Crippen LogP contribution in [0.2, 0.25) is 0 Å². The van der Waals surface area contributed by atoms with E-state index >= 15 is 0 Å². The van der Waals surface area contributed by atoms with Crippen molar-refractivity contribution in [2.75, 3.05) is 0 Å². The minimum Gasteiger partial charge on any atom is -0.550 e. The number of rotatable bonds is 11. The summed E-state index contributed by atoms with van der Waals surface area (Å²) >= 11 is 0. The van der Waals surface area contributed by atoms with Crippen molar-refractivity contribution in [1.82, 2.24) is 0 Å². The van der Waals surface area contributed by atoms with E-state index in [1.807, 2.05) is 0 Å². The van der Waals surface area contributed by atoms with Crippen molar-refractivity contribution in [3.63, 3.8) is 0 Å². The van der Waals surface area contributed by atoms with Gasteiger partial charge in [0.1, 0.15) is 0 Å². The van der Waals surface area contributed by atoms with E-state index in [0.717, 1.165) is 25.7 Å². The van der Waals surface area contributed by atoms with Crippen LogP contribution in [0.15, 0.2) is 12.2 Å². The third-order valence-corrected chi connectivity index (χ3v) is 3.06. The van der Waals surface area contributed by atoms with E-state index in [2.05, 4.69) is 19.1 Å². The molecule has 0 fully saturated rings. The number of unbranched alkanes of at least 4 members (excludes halogenated alkanes) is 6. The van der Waals surface area contributed by atoms with Crippen LogP contribution in [0.4, 0.5) is 0 Å². The minimum atomic E-state index is -0.910. The van der Waals surface area contributed by atoms with Crippen molar-refractivity contribution in [2.24, 2.45) is 5.92 Å². The number of carboxylic acids is 1. The highest BCUT2D eigenvalue weighted by atomic mass is 16.4. The van der Waals surface area contributed by atoms with Gasteiger partial charge in [0.25, 0.3) is 0 Å². The molecule has 2 nitrogen and oxygen atoms in total. The number of aliphatic carboxylic acids is 1. The summed E-state index contributed by atoms with van der Waals surface area (Å²) in [7, 11) is 0. The molecule has 0 aromatic carbocycles. The van der Waals surface area contributed by atoms with Gasteiger partial charge in [0, 0.05) is 5.97 Å². The van der Waals surface area contributed by atoms with Gasteiger partial charge >= 0.3 is 0 Å². The SMILES string of the molecule is CC/C=C/CCCCCCCCC(C)C(=O)[O-]. The summed E-state index contributed by atoms with van der Waals surface area (Å²) in [6.07, 6.45) is 14.9. The molecule has 0 radical (unpaired) electrons. The van der Waals surface area contributed by atoms with E-state index in [1.165, 1.54) is 32.1 Å². The van der Waals surface area contributed by atoms with Crippen LogP contribution < -0.4 is 5.11 Å². The molecule has 1 unspecified atom stereocenters. The molecule has 0 spiro atoms. The fraction of sp³-hybridized carbons (Fsp3) is 0.800. The minimum absolute atomic E-state index is 0.283. The number of hydrogen-bond donors (Lipinski definition) is 0. The lowest BCUT2D eigenvalue weighted by molar-refractivity contribution is -0.311. The van der Waals surface area contributed by atoms with E-state index in [9.17, 15) is 9.90 Å². The molecule has 0 rings (SSSR count). The predicted octanol–water partition coefficient (Wildman–Crippen LogP) is 3.46. The van der Waals surface area contributed by atoms with Crippen LogP contribution in [0, 0.1) is 5.92 Å². The van der Waals surface area contributed by atoms with Gasteiger partial charge in [-0.25, -0.2) is 0 Å². The summed E-state index contributed by atoms with van der Waals surface area (Å²) in [5.74, 6) is -1.19. The molecular weight excluding hydrogens is 212 g/mol. The van der Waals surface area contributed by atoms with Crippen molar-refractivity contribution in [3.05, 3.63) is 12.2 Å². The summed E-state index contributed by atoms with van der Waals surface area (Å²) in [6.45, 7) is 3.89. The molecule has 100 valence electrons. The first-order valence-electron chi connectivity index (χ1n) is 7.04. The molecule has 1 atom stereocenters. The van der Waals surface area contributed by atoms with Gasteiger partial charge < -0.3 is 9.90 Å². The number of carbonyl (C=O) groups excluding carboxylic acids is 1. The van der Waals surface area contributed by atoms with Crippen molar-refractivity contribution in [3.8, 4) is 0 Å². The Hall–Kier alpha value is -0.790. The zero-order valence-electron chi connectivity index (χ0n) is 11.4. The molecule has 0 amide bonds. The monoisotopic (exact) mass is 239 g/mol. The fourth-order valence-corrected chi connectivity index (χ4v) is 1.82. The molecule has 0 aliphatic heterocycles. The summed E-state index contributed by atoms with van der Waals surface area (Å²) < 4.78 is 0. The second-order valence-corrected chi connectivity index (χ2v) is 4.80. The maximum atomic E-state index is 10.5. The summed E-state index contributed by atoms with van der Waals surface area (Å²) in [5, 5.41) is 10.5. The smallest absolute Gasteiger partial charge is 0.0442 e. The highest BCUT2D eigenvalue weighted by Gasteiger charge is 2.01. The van der Waals surface area contributed by atoms with Gasteiger partial charge in [0.15, 0.2) is 0 Å². The zero-order valence-corrected chi connectivity index (χ0v) is 11.4. The van der Waals surface area contributed by atoms with Crippen LogP contribution in [0.25, 0.3) is 0 Å². The van der Waals surface area contributed by atoms with Crippen molar-refractivity contribution >= 4 is 5.97 Å². The average Bonchev–Trinajstić information content (AvgIpc) is 2.31. The third-order valence-electron chi connectivity index (χ3n) is 3.06. The summed E-state index contributed by atoms with van der Waals surface area (Å²) in [6, 6.07) is 0. The zero-order chi connectivity index (χ0) is 12.9. The highest BCUT2D eigenvalue weighted by Crippen LogP contribution is 2.12. The van der Waals surface area contributed by atoms with Crippen LogP contribution >= 0.6 is 0 Å². The Kier molecular flexibility index (Phi) is 11.1. The number of hydrogen-bond acceptors (Lipinski definition) is 2. The molecule has 0 aromatic heterocycles. The second kappa shape index (κ2) is 11.7. The van der Waals surface area contributed by atoms with Crippen molar-refractivity contribution in [1.29, 1.82) is 0 Å². The van der Waals surface area contributed by atoms with Crippen LogP contribution in [0.3, 0.4) is 0 Å². The third kappa shape index (κ3) is 11.5. The van der Waals surface area contributed by atoms with Gasteiger partial charge in [0.2, 0.25) is 0 Å². The molecule has 2 heteroatoms. The Bertz CT molecular complexity index is 209. The number of carboxylic acid groups (broad SMARTS) is 1. The average molecular weight is 239 g/mol. The lowest BCUT2D eigenvalue weighted by atomic mass is 10.0. The maximum absolute atomic E-state index is 10.5. The molecule has 0 aliphatic rings. The van der Waals surface area contributed by atoms with Crippen LogP contribution in [-0.2, 0) is 4.79 Å². The van der Waals surface area contributed by atoms with Gasteiger partial charge in [-0.15, -0.1) is 0 Å². The fourth-order valence-electron chi connectivity index (χ4n) is 1.82. The molecular formula is C15H27O2-. The lowest BCUT2D eigenvalue weighted by Crippen LogP contribution is -2.29. The van der Waals surface area contributed by atoms with Gasteiger partial charge in [-0.2, -0.15) is 0 Å². The van der Waals surface area contributed by atoms with Gasteiger partial charge in [-0.05, 0) is 31.6 Å². The van der Waals surface area contributed by atoms with E-state index in [1.54, 1.807) is 6.92 Å². The molecule has 0 bridgehead atoms. The van der Waals surface area contributed by atoms with Gasteiger partial charge in [-0.1, -0.05) is 58.1 Å². The molecule has 0 aliphatic carbocycles. The first kappa shape index (κ1) is 16.2. The topological polar surface area (TPSA) is 40.1 Å². The Morgan fingerprint density at radius 2 is 1.65 bits per heavy atom. The standard InChI is InChI=1S/C15H28O2/c1-3-4-5-6-7-8-9-10-11-12-13-14(2)15(16)17/h4-5,14H,3,6-13H2,1-2H3,(H,16,17)/p-1/b5-4+. The lowest BCUT2D eigenvalue weighted by Gasteiger charge is -2.11. The molecule has 0 saturated heterocycles. The van der Waals surface area contributed by atoms with Crippen LogP contribution in [-0.4, -0.2) is 5.97 Å². The Morgan fingerprint density at radius 1 is 1.06 bits per heavy atom. The van der Waals surface area contributed by atoms with Crippen molar-refractivity contribution < 1.29 is 9.90 Å². The Morgan fingerprint density at radius 3 is 2.24 bits per heavy atom. The molecule has 0 heterocycles. The number of allylic oxidation sites excluding steroid dienone is 2. The predicted molar refractivity (Wildman–Crippen MR) is 70.5 cm³/mol. The quantitative estimate of drug-likeness (QED) is 0.409. The summed E-state index contributed by atoms with van der Waals surface area (Å²) in [5.41, 5.74) is 0. The van der Waals surface area contributed by atoms with E-state index in [4.69, 9.17) is 0 Å². The van der Waals surface area contributed by atoms with E-state index < -0.39 is 5.97 Å². The molecule has 0 saturated carbocycles. The van der Waals surface area contributed by atoms with Gasteiger partial charge in [0.05, 0.1) is 0 Å². The Balaban J connectivity index is 3.13. The van der Waals surface area contributed by atoms with Crippen molar-refractivity contribution in [2.45, 2.75) is 71.6 Å². The van der Waals surface area contributed by atoms with Crippen LogP contribution in [0.5, 0.6) is 0 Å². The van der Waals surface area contributed by atoms with Crippen LogP contribution in [0.1, 0.15) is 71.6 Å². The van der Waals surface area contributed by atoms with E-state index in [-0.39, 0.29) is 5.92 Å².